The maximum Gasteiger partial charge on any atom is 0.245 e. The lowest BCUT2D eigenvalue weighted by Gasteiger charge is -2.16. The number of carbonyl (C=O) groups is 1. The van der Waals surface area contributed by atoms with Crippen LogP contribution in [0.4, 0.5) is 4.39 Å². The van der Waals surface area contributed by atoms with Gasteiger partial charge >= 0.3 is 0 Å². The van der Waals surface area contributed by atoms with E-state index in [-0.39, 0.29) is 5.91 Å². The number of ether oxygens (including phenoxy) is 1. The van der Waals surface area contributed by atoms with Gasteiger partial charge in [0, 0.05) is 31.9 Å². The fourth-order valence-electron chi connectivity index (χ4n) is 4.30. The summed E-state index contributed by atoms with van der Waals surface area (Å²) >= 11 is 0. The molecule has 0 bridgehead atoms. The largest absolute Gasteiger partial charge is 0.478 e. The topological polar surface area (TPSA) is 71.1 Å². The number of fused-ring (bicyclic) bond motifs is 1. The number of rotatable bonds is 11. The third-order valence-corrected chi connectivity index (χ3v) is 6.32. The molecule has 2 aromatic heterocycles. The first-order valence-electron chi connectivity index (χ1n) is 12.9. The smallest absolute Gasteiger partial charge is 0.245 e. The van der Waals surface area contributed by atoms with Crippen LogP contribution in [0.25, 0.3) is 22.0 Å². The molecular formula is C31H33FN4O2. The van der Waals surface area contributed by atoms with Crippen LogP contribution in [0.1, 0.15) is 49.3 Å². The monoisotopic (exact) mass is 512 g/mol. The molecule has 0 fully saturated rings. The van der Waals surface area contributed by atoms with Gasteiger partial charge in [0.25, 0.3) is 0 Å². The number of benzene rings is 2. The summed E-state index contributed by atoms with van der Waals surface area (Å²) in [6, 6.07) is 19.7. The zero-order valence-corrected chi connectivity index (χ0v) is 22.1. The number of nitrogens with one attached hydrogen (secondary N) is 1. The number of likely N-dealkylation sites (N-methyl/N-ethyl adjacent to an activating group) is 1. The molecule has 4 rings (SSSR count). The zero-order chi connectivity index (χ0) is 26.9. The Morgan fingerprint density at radius 2 is 1.82 bits per heavy atom. The van der Waals surface area contributed by atoms with Crippen molar-refractivity contribution in [3.63, 3.8) is 0 Å². The summed E-state index contributed by atoms with van der Waals surface area (Å²) in [5.74, 6) is 0.105. The summed E-state index contributed by atoms with van der Waals surface area (Å²) in [4.78, 5) is 17.7. The predicted molar refractivity (Wildman–Crippen MR) is 150 cm³/mol. The number of aromatic amines is 1. The fraction of sp³-hybridized carbons (Fsp3) is 0.258. The molecule has 0 aliphatic carbocycles. The molecule has 4 aromatic rings. The summed E-state index contributed by atoms with van der Waals surface area (Å²) in [5.41, 5.74) is 5.67. The Bertz CT molecular complexity index is 1420. The molecule has 0 aliphatic heterocycles. The van der Waals surface area contributed by atoms with Crippen LogP contribution in [-0.2, 0) is 4.79 Å². The Balaban J connectivity index is 1.53. The van der Waals surface area contributed by atoms with Gasteiger partial charge in [0.1, 0.15) is 0 Å². The number of carbonyl (C=O) groups excluding carboxylic acids is 1. The summed E-state index contributed by atoms with van der Waals surface area (Å²) < 4.78 is 20.2. The number of pyridine rings is 1. The molecule has 0 radical (unpaired) electrons. The number of halogens is 1. The van der Waals surface area contributed by atoms with Crippen LogP contribution in [0.15, 0.2) is 79.0 Å². The van der Waals surface area contributed by atoms with Gasteiger partial charge in [0.2, 0.25) is 17.7 Å². The molecule has 0 saturated heterocycles. The zero-order valence-electron chi connectivity index (χ0n) is 22.1. The van der Waals surface area contributed by atoms with Crippen LogP contribution in [0.3, 0.4) is 0 Å². The van der Waals surface area contributed by atoms with E-state index in [1.807, 2.05) is 60.8 Å². The third-order valence-electron chi connectivity index (χ3n) is 6.32. The number of nitrogens with zero attached hydrogens (tertiary/aromatic N) is 3. The van der Waals surface area contributed by atoms with E-state index in [4.69, 9.17) is 4.74 Å². The van der Waals surface area contributed by atoms with Gasteiger partial charge in [-0.3, -0.25) is 9.89 Å². The van der Waals surface area contributed by atoms with Crippen LogP contribution in [-0.4, -0.2) is 46.7 Å². The average molecular weight is 513 g/mol. The Kier molecular flexibility index (Phi) is 9.03. The number of aromatic nitrogens is 3. The van der Waals surface area contributed by atoms with E-state index in [1.54, 1.807) is 25.1 Å². The van der Waals surface area contributed by atoms with Crippen LogP contribution in [0.5, 0.6) is 5.88 Å². The van der Waals surface area contributed by atoms with E-state index in [1.165, 1.54) is 0 Å². The molecule has 38 heavy (non-hydrogen) atoms. The second-order valence-corrected chi connectivity index (χ2v) is 9.21. The first-order valence-corrected chi connectivity index (χ1v) is 12.9. The Morgan fingerprint density at radius 1 is 1.03 bits per heavy atom. The number of hydrogen-bond donors (Lipinski definition) is 1. The maximum atomic E-state index is 14.4. The molecule has 7 heteroatoms. The maximum absolute atomic E-state index is 14.4. The highest BCUT2D eigenvalue weighted by molar-refractivity contribution is 6.00. The van der Waals surface area contributed by atoms with Crippen molar-refractivity contribution in [1.82, 2.24) is 20.1 Å². The van der Waals surface area contributed by atoms with Gasteiger partial charge < -0.3 is 9.64 Å². The van der Waals surface area contributed by atoms with Crippen LogP contribution in [0.2, 0.25) is 0 Å². The summed E-state index contributed by atoms with van der Waals surface area (Å²) in [5, 5.41) is 6.91. The molecule has 1 N–H and O–H groups in total. The van der Waals surface area contributed by atoms with E-state index in [9.17, 15) is 9.18 Å². The van der Waals surface area contributed by atoms with Gasteiger partial charge in [-0.05, 0) is 72.2 Å². The van der Waals surface area contributed by atoms with E-state index >= 15 is 0 Å². The third kappa shape index (κ3) is 6.54. The van der Waals surface area contributed by atoms with Crippen LogP contribution in [0, 0.1) is 5.95 Å². The predicted octanol–water partition coefficient (Wildman–Crippen LogP) is 6.66. The second kappa shape index (κ2) is 12.8. The molecule has 0 unspecified atom stereocenters. The minimum Gasteiger partial charge on any atom is -0.478 e. The number of allylic oxidation sites excluding steroid dienone is 2. The molecular weight excluding hydrogens is 479 g/mol. The molecule has 0 saturated carbocycles. The number of unbranched alkanes of at least 4 members (excludes halogenated alkanes) is 2. The van der Waals surface area contributed by atoms with Crippen LogP contribution >= 0.6 is 0 Å². The van der Waals surface area contributed by atoms with Gasteiger partial charge in [0.15, 0.2) is 0 Å². The molecule has 2 aromatic carbocycles. The number of H-pyrrole nitrogens is 1. The van der Waals surface area contributed by atoms with Crippen LogP contribution < -0.4 is 4.74 Å². The minimum atomic E-state index is -0.444. The highest BCUT2D eigenvalue weighted by Crippen LogP contribution is 2.35. The van der Waals surface area contributed by atoms with Crippen molar-refractivity contribution in [3.8, 4) is 5.88 Å². The normalized spacial score (nSPS) is 12.1. The van der Waals surface area contributed by atoms with Crippen molar-refractivity contribution >= 4 is 28.0 Å². The highest BCUT2D eigenvalue weighted by atomic mass is 19.1. The molecule has 1 amide bonds. The summed E-state index contributed by atoms with van der Waals surface area (Å²) in [7, 11) is 3.47. The molecule has 0 aliphatic rings. The van der Waals surface area contributed by atoms with E-state index in [0.717, 1.165) is 53.5 Å². The van der Waals surface area contributed by atoms with Gasteiger partial charge in [0.05, 0.1) is 17.5 Å². The molecule has 2 heterocycles. The molecule has 6 nitrogen and oxygen atoms in total. The Hall–Kier alpha value is -4.26. The van der Waals surface area contributed by atoms with E-state index < -0.39 is 5.95 Å². The number of hydrogen-bond acceptors (Lipinski definition) is 4. The lowest BCUT2D eigenvalue weighted by Crippen LogP contribution is -2.18. The minimum absolute atomic E-state index is 0.00715. The highest BCUT2D eigenvalue weighted by Gasteiger charge is 2.16. The second-order valence-electron chi connectivity index (χ2n) is 9.21. The SMILES string of the molecule is CC/C(=C(/c1ccc(OCCCC/C=C/C(=O)N(C)C)nc1)c1ccc2n[nH]c(F)c2c1)c1ccccc1. The van der Waals surface area contributed by atoms with Crippen molar-refractivity contribution in [2.75, 3.05) is 20.7 Å². The van der Waals surface area contributed by atoms with Crippen molar-refractivity contribution in [2.24, 2.45) is 0 Å². The molecule has 0 spiro atoms. The van der Waals surface area contributed by atoms with Gasteiger partial charge in [-0.1, -0.05) is 49.4 Å². The Labute approximate surface area is 222 Å². The summed E-state index contributed by atoms with van der Waals surface area (Å²) in [6.07, 6.45) is 8.71. The first kappa shape index (κ1) is 26.8. The quantitative estimate of drug-likeness (QED) is 0.139. The van der Waals surface area contributed by atoms with Crippen molar-refractivity contribution in [3.05, 3.63) is 102 Å². The average Bonchev–Trinajstić information content (AvgIpc) is 3.31. The van der Waals surface area contributed by atoms with E-state index in [0.29, 0.717) is 23.4 Å². The van der Waals surface area contributed by atoms with Crippen molar-refractivity contribution in [2.45, 2.75) is 32.6 Å². The van der Waals surface area contributed by atoms with Gasteiger partial charge in [-0.25, -0.2) is 4.98 Å². The fourth-order valence-corrected chi connectivity index (χ4v) is 4.30. The standard InChI is InChI=1S/C31H33FN4O2/c1-4-25(22-12-8-7-9-13-22)30(23-15-17-27-26(20-23)31(32)35-34-27)24-16-18-28(33-21-24)38-19-11-6-5-10-14-29(37)36(2)3/h7-10,12-18,20-21H,4-6,11,19H2,1-3H3,(H,34,35)/b14-10+,30-25-. The van der Waals surface area contributed by atoms with E-state index in [2.05, 4.69) is 34.2 Å². The van der Waals surface area contributed by atoms with Crippen molar-refractivity contribution < 1.29 is 13.9 Å². The first-order chi connectivity index (χ1) is 18.5. The lowest BCUT2D eigenvalue weighted by atomic mass is 9.88. The summed E-state index contributed by atoms with van der Waals surface area (Å²) in [6.45, 7) is 2.67. The Morgan fingerprint density at radius 3 is 2.53 bits per heavy atom. The lowest BCUT2D eigenvalue weighted by molar-refractivity contribution is -0.123. The molecule has 0 atom stereocenters. The van der Waals surface area contributed by atoms with Gasteiger partial charge in [-0.2, -0.15) is 9.49 Å². The number of amides is 1. The molecule has 196 valence electrons. The van der Waals surface area contributed by atoms with Crippen molar-refractivity contribution in [1.29, 1.82) is 0 Å². The van der Waals surface area contributed by atoms with Gasteiger partial charge in [-0.15, -0.1) is 0 Å².